The predicted octanol–water partition coefficient (Wildman–Crippen LogP) is 1.31. The van der Waals surface area contributed by atoms with Gasteiger partial charge in [-0.05, 0) is 26.2 Å². The summed E-state index contributed by atoms with van der Waals surface area (Å²) in [4.78, 5) is 11.9. The van der Waals surface area contributed by atoms with Crippen LogP contribution in [0.5, 0.6) is 0 Å². The molecule has 0 saturated carbocycles. The molecule has 1 aromatic heterocycles. The van der Waals surface area contributed by atoms with Gasteiger partial charge in [-0.3, -0.25) is 4.79 Å². The Morgan fingerprint density at radius 1 is 1.40 bits per heavy atom. The van der Waals surface area contributed by atoms with Crippen LogP contribution in [0.15, 0.2) is 0 Å². The molecule has 2 heterocycles. The topological polar surface area (TPSA) is 85.8 Å². The number of fused-ring (bicyclic) bond motifs is 1. The van der Waals surface area contributed by atoms with Gasteiger partial charge in [-0.25, -0.2) is 0 Å². The fourth-order valence-electron chi connectivity index (χ4n) is 2.66. The maximum absolute atomic E-state index is 11.9. The number of nitrogens with two attached hydrogens (primary N) is 1. The smallest absolute Gasteiger partial charge is 0.222 e. The van der Waals surface area contributed by atoms with E-state index in [4.69, 9.17) is 5.73 Å². The van der Waals surface area contributed by atoms with Gasteiger partial charge in [-0.15, -0.1) is 10.2 Å². The van der Waals surface area contributed by atoms with Crippen molar-refractivity contribution < 1.29 is 4.79 Å². The molecule has 20 heavy (non-hydrogen) atoms. The van der Waals surface area contributed by atoms with Crippen LogP contribution in [0.4, 0.5) is 0 Å². The number of nitrogens with zero attached hydrogens (tertiary/aromatic N) is 3. The summed E-state index contributed by atoms with van der Waals surface area (Å²) in [5, 5.41) is 11.6. The third-order valence-electron chi connectivity index (χ3n) is 3.70. The highest BCUT2D eigenvalue weighted by Gasteiger charge is 2.22. The van der Waals surface area contributed by atoms with E-state index < -0.39 is 0 Å². The van der Waals surface area contributed by atoms with Gasteiger partial charge in [0.2, 0.25) is 5.91 Å². The maximum atomic E-state index is 11.9. The van der Waals surface area contributed by atoms with Crippen molar-refractivity contribution in [2.24, 2.45) is 5.73 Å². The minimum atomic E-state index is -0.122. The van der Waals surface area contributed by atoms with Crippen molar-refractivity contribution in [1.82, 2.24) is 20.1 Å². The van der Waals surface area contributed by atoms with Crippen LogP contribution in [-0.4, -0.2) is 26.7 Å². The van der Waals surface area contributed by atoms with Crippen LogP contribution >= 0.6 is 0 Å². The van der Waals surface area contributed by atoms with E-state index >= 15 is 0 Å². The van der Waals surface area contributed by atoms with Crippen LogP contribution in [0.2, 0.25) is 0 Å². The highest BCUT2D eigenvalue weighted by atomic mass is 16.1. The molecular formula is C14H25N5O. The molecule has 112 valence electrons. The Hall–Kier alpha value is -1.43. The van der Waals surface area contributed by atoms with E-state index in [9.17, 15) is 4.79 Å². The first-order chi connectivity index (χ1) is 9.61. The van der Waals surface area contributed by atoms with E-state index in [1.54, 1.807) is 0 Å². The molecule has 0 bridgehead atoms. The van der Waals surface area contributed by atoms with E-state index in [0.717, 1.165) is 37.5 Å². The molecule has 1 aliphatic rings. The van der Waals surface area contributed by atoms with Crippen molar-refractivity contribution in [3.63, 3.8) is 0 Å². The predicted molar refractivity (Wildman–Crippen MR) is 77.0 cm³/mol. The first kappa shape index (κ1) is 15.0. The van der Waals surface area contributed by atoms with Gasteiger partial charge in [0.05, 0.1) is 6.04 Å². The Bertz CT molecular complexity index is 454. The zero-order chi connectivity index (χ0) is 14.5. The summed E-state index contributed by atoms with van der Waals surface area (Å²) in [5.41, 5.74) is 5.67. The van der Waals surface area contributed by atoms with Crippen LogP contribution in [0.1, 0.15) is 63.6 Å². The van der Waals surface area contributed by atoms with Crippen LogP contribution in [0, 0.1) is 0 Å². The molecule has 6 heteroatoms. The molecule has 2 rings (SSSR count). The quantitative estimate of drug-likeness (QED) is 0.851. The lowest BCUT2D eigenvalue weighted by atomic mass is 10.1. The van der Waals surface area contributed by atoms with E-state index in [1.165, 1.54) is 12.8 Å². The minimum Gasteiger partial charge on any atom is -0.346 e. The van der Waals surface area contributed by atoms with Crippen LogP contribution in [0.25, 0.3) is 0 Å². The van der Waals surface area contributed by atoms with E-state index in [0.29, 0.717) is 6.42 Å². The third kappa shape index (κ3) is 3.56. The fraction of sp³-hybridized carbons (Fsp3) is 0.786. The first-order valence-electron chi connectivity index (χ1n) is 7.58. The number of aryl methyl sites for hydroxylation is 1. The number of rotatable bonds is 5. The summed E-state index contributed by atoms with van der Waals surface area (Å²) in [6.07, 6.45) is 5.70. The number of aromatic nitrogens is 3. The van der Waals surface area contributed by atoms with Gasteiger partial charge in [-0.1, -0.05) is 13.3 Å². The molecule has 0 aliphatic carbocycles. The Balaban J connectivity index is 2.11. The van der Waals surface area contributed by atoms with Crippen molar-refractivity contribution in [1.29, 1.82) is 0 Å². The fourth-order valence-corrected chi connectivity index (χ4v) is 2.66. The molecule has 0 radical (unpaired) electrons. The molecule has 2 atom stereocenters. The normalized spacial score (nSPS) is 17.9. The SMILES string of the molecule is CCC(NC(=O)CC(C)N)c1nnc2n1CCCCC2. The molecule has 2 unspecified atom stereocenters. The average Bonchev–Trinajstić information content (AvgIpc) is 2.64. The Morgan fingerprint density at radius 3 is 2.90 bits per heavy atom. The molecule has 6 nitrogen and oxygen atoms in total. The Kier molecular flexibility index (Phi) is 5.11. The van der Waals surface area contributed by atoms with Gasteiger partial charge in [0.25, 0.3) is 0 Å². The summed E-state index contributed by atoms with van der Waals surface area (Å²) in [6, 6.07) is -0.191. The van der Waals surface area contributed by atoms with Crippen molar-refractivity contribution >= 4 is 5.91 Å². The molecule has 0 fully saturated rings. The van der Waals surface area contributed by atoms with Gasteiger partial charge >= 0.3 is 0 Å². The van der Waals surface area contributed by atoms with Crippen molar-refractivity contribution in [2.45, 2.75) is 71.0 Å². The largest absolute Gasteiger partial charge is 0.346 e. The maximum Gasteiger partial charge on any atom is 0.222 e. The monoisotopic (exact) mass is 279 g/mol. The number of hydrogen-bond acceptors (Lipinski definition) is 4. The molecule has 3 N–H and O–H groups in total. The second-order valence-corrected chi connectivity index (χ2v) is 5.65. The second kappa shape index (κ2) is 6.83. The lowest BCUT2D eigenvalue weighted by molar-refractivity contribution is -0.122. The lowest BCUT2D eigenvalue weighted by Gasteiger charge is -2.18. The number of amides is 1. The second-order valence-electron chi connectivity index (χ2n) is 5.65. The Labute approximate surface area is 120 Å². The summed E-state index contributed by atoms with van der Waals surface area (Å²) in [6.45, 7) is 4.84. The molecule has 0 spiro atoms. The van der Waals surface area contributed by atoms with Gasteiger partial charge in [0, 0.05) is 25.4 Å². The summed E-state index contributed by atoms with van der Waals surface area (Å²) in [5.74, 6) is 1.93. The standard InChI is InChI=1S/C14H25N5O/c1-3-11(16-13(20)9-10(2)15)14-18-17-12-7-5-4-6-8-19(12)14/h10-11H,3-9,15H2,1-2H3,(H,16,20). The van der Waals surface area contributed by atoms with E-state index in [2.05, 4.69) is 27.0 Å². The van der Waals surface area contributed by atoms with Crippen molar-refractivity contribution in [3.05, 3.63) is 11.6 Å². The number of carbonyl (C=O) groups is 1. The molecule has 1 amide bonds. The summed E-state index contributed by atoms with van der Waals surface area (Å²) in [7, 11) is 0. The number of hydrogen-bond donors (Lipinski definition) is 2. The third-order valence-corrected chi connectivity index (χ3v) is 3.70. The molecule has 1 aliphatic heterocycles. The molecular weight excluding hydrogens is 254 g/mol. The van der Waals surface area contributed by atoms with Gasteiger partial charge in [0.1, 0.15) is 5.82 Å². The van der Waals surface area contributed by atoms with Crippen molar-refractivity contribution in [3.8, 4) is 0 Å². The zero-order valence-corrected chi connectivity index (χ0v) is 12.4. The molecule has 0 aromatic carbocycles. The summed E-state index contributed by atoms with van der Waals surface area (Å²) < 4.78 is 2.19. The highest BCUT2D eigenvalue weighted by molar-refractivity contribution is 5.76. The lowest BCUT2D eigenvalue weighted by Crippen LogP contribution is -2.34. The van der Waals surface area contributed by atoms with Crippen molar-refractivity contribution in [2.75, 3.05) is 0 Å². The Morgan fingerprint density at radius 2 is 2.20 bits per heavy atom. The number of carbonyl (C=O) groups excluding carboxylic acids is 1. The molecule has 0 saturated heterocycles. The van der Waals surface area contributed by atoms with E-state index in [1.807, 2.05) is 6.92 Å². The van der Waals surface area contributed by atoms with Gasteiger partial charge in [-0.2, -0.15) is 0 Å². The minimum absolute atomic E-state index is 0.0159. The van der Waals surface area contributed by atoms with Crippen LogP contribution in [-0.2, 0) is 17.8 Å². The van der Waals surface area contributed by atoms with Crippen LogP contribution < -0.4 is 11.1 Å². The van der Waals surface area contributed by atoms with Gasteiger partial charge < -0.3 is 15.6 Å². The average molecular weight is 279 g/mol. The number of nitrogens with one attached hydrogen (secondary N) is 1. The van der Waals surface area contributed by atoms with E-state index in [-0.39, 0.29) is 18.0 Å². The van der Waals surface area contributed by atoms with Gasteiger partial charge in [0.15, 0.2) is 5.82 Å². The van der Waals surface area contributed by atoms with Crippen LogP contribution in [0.3, 0.4) is 0 Å². The first-order valence-corrected chi connectivity index (χ1v) is 7.58. The zero-order valence-electron chi connectivity index (χ0n) is 12.4. The summed E-state index contributed by atoms with van der Waals surface area (Å²) >= 11 is 0. The molecule has 1 aromatic rings. The highest BCUT2D eigenvalue weighted by Crippen LogP contribution is 2.20.